The van der Waals surface area contributed by atoms with E-state index in [1.54, 1.807) is 0 Å². The van der Waals surface area contributed by atoms with E-state index in [9.17, 15) is 0 Å². The molecule has 1 N–H and O–H groups in total. The Morgan fingerprint density at radius 1 is 0.923 bits per heavy atom. The molecule has 126 valence electrons. The second-order valence-corrected chi connectivity index (χ2v) is 6.33. The molecular weight excluding hydrogens is 324 g/mol. The Hall–Kier alpha value is -3.54. The number of hydrogen-bond donors (Lipinski definition) is 1. The van der Waals surface area contributed by atoms with E-state index in [0.717, 1.165) is 33.8 Å². The van der Waals surface area contributed by atoms with Crippen molar-refractivity contribution < 1.29 is 0 Å². The van der Waals surface area contributed by atoms with Crippen LogP contribution in [0.5, 0.6) is 0 Å². The van der Waals surface area contributed by atoms with Gasteiger partial charge in [-0.25, -0.2) is 0 Å². The first kappa shape index (κ1) is 14.8. The second-order valence-electron chi connectivity index (χ2n) is 6.33. The van der Waals surface area contributed by atoms with Crippen LogP contribution < -0.4 is 0 Å². The van der Waals surface area contributed by atoms with E-state index in [2.05, 4.69) is 51.7 Å². The molecule has 3 heterocycles. The van der Waals surface area contributed by atoms with Crippen molar-refractivity contribution in [3.05, 3.63) is 77.5 Å². The summed E-state index contributed by atoms with van der Waals surface area (Å²) in [5.41, 5.74) is 7.49. The maximum atomic E-state index is 4.72. The molecule has 6 nitrogen and oxygen atoms in total. The molecule has 0 fully saturated rings. The minimum absolute atomic E-state index is 0.668. The van der Waals surface area contributed by atoms with E-state index in [0.29, 0.717) is 12.2 Å². The lowest BCUT2D eigenvalue weighted by molar-refractivity contribution is 0.695. The Balaban J connectivity index is 1.76. The summed E-state index contributed by atoms with van der Waals surface area (Å²) in [6.07, 6.45) is 0.693. The molecule has 2 aromatic heterocycles. The van der Waals surface area contributed by atoms with Crippen molar-refractivity contribution >= 4 is 5.71 Å². The van der Waals surface area contributed by atoms with Crippen LogP contribution in [0.15, 0.2) is 65.8 Å². The number of hydrogen-bond acceptors (Lipinski definition) is 4. The smallest absolute Gasteiger partial charge is 0.209 e. The van der Waals surface area contributed by atoms with Crippen molar-refractivity contribution in [2.45, 2.75) is 13.3 Å². The highest BCUT2D eigenvalue weighted by molar-refractivity contribution is 6.04. The second kappa shape index (κ2) is 5.77. The molecule has 6 heteroatoms. The molecule has 0 unspecified atom stereocenters. The summed E-state index contributed by atoms with van der Waals surface area (Å²) in [6, 6.07) is 20.5. The third-order valence-corrected chi connectivity index (χ3v) is 4.70. The van der Waals surface area contributed by atoms with E-state index in [-0.39, 0.29) is 0 Å². The lowest BCUT2D eigenvalue weighted by Crippen LogP contribution is -2.07. The number of fused-ring (bicyclic) bond motifs is 3. The third-order valence-electron chi connectivity index (χ3n) is 4.70. The summed E-state index contributed by atoms with van der Waals surface area (Å²) in [4.78, 5) is 5.07. The SMILES string of the molecule is Cc1[nH]c(-c2ccccc2)c2c1-c1nnnn1N=C(c1ccccc1)C2. The number of aromatic amines is 1. The maximum Gasteiger partial charge on any atom is 0.209 e. The fraction of sp³-hybridized carbons (Fsp3) is 0.100. The van der Waals surface area contributed by atoms with Crippen molar-refractivity contribution in [3.63, 3.8) is 0 Å². The Bertz CT molecular complexity index is 1110. The van der Waals surface area contributed by atoms with Gasteiger partial charge in [0.05, 0.1) is 5.71 Å². The fourth-order valence-corrected chi connectivity index (χ4v) is 3.51. The number of aromatic nitrogens is 5. The minimum atomic E-state index is 0.668. The number of rotatable bonds is 2. The van der Waals surface area contributed by atoms with E-state index in [4.69, 9.17) is 5.10 Å². The third kappa shape index (κ3) is 2.27. The van der Waals surface area contributed by atoms with E-state index in [1.165, 1.54) is 10.4 Å². The van der Waals surface area contributed by atoms with E-state index < -0.39 is 0 Å². The predicted octanol–water partition coefficient (Wildman–Crippen LogP) is 3.45. The highest BCUT2D eigenvalue weighted by atomic mass is 15.7. The van der Waals surface area contributed by atoms with Gasteiger partial charge < -0.3 is 4.98 Å². The van der Waals surface area contributed by atoms with Crippen LogP contribution in [-0.2, 0) is 6.42 Å². The number of benzene rings is 2. The van der Waals surface area contributed by atoms with E-state index in [1.807, 2.05) is 36.4 Å². The Labute approximate surface area is 150 Å². The molecule has 0 amide bonds. The normalized spacial score (nSPS) is 12.9. The number of tetrazole rings is 1. The minimum Gasteiger partial charge on any atom is -0.358 e. The van der Waals surface area contributed by atoms with Crippen molar-refractivity contribution in [1.29, 1.82) is 0 Å². The van der Waals surface area contributed by atoms with Gasteiger partial charge in [-0.2, -0.15) is 5.10 Å². The van der Waals surface area contributed by atoms with Gasteiger partial charge >= 0.3 is 0 Å². The molecule has 26 heavy (non-hydrogen) atoms. The summed E-state index contributed by atoms with van der Waals surface area (Å²) in [5.74, 6) is 0.668. The van der Waals surface area contributed by atoms with Crippen molar-refractivity contribution in [3.8, 4) is 22.6 Å². The summed E-state index contributed by atoms with van der Waals surface area (Å²) >= 11 is 0. The van der Waals surface area contributed by atoms with Gasteiger partial charge in [0.25, 0.3) is 0 Å². The number of nitrogens with zero attached hydrogens (tertiary/aromatic N) is 5. The molecule has 0 spiro atoms. The number of nitrogens with one attached hydrogen (secondary N) is 1. The van der Waals surface area contributed by atoms with Gasteiger partial charge in [0.15, 0.2) is 0 Å². The van der Waals surface area contributed by atoms with Crippen LogP contribution in [0, 0.1) is 6.92 Å². The van der Waals surface area contributed by atoms with Gasteiger partial charge in [0.2, 0.25) is 5.82 Å². The average molecular weight is 340 g/mol. The van der Waals surface area contributed by atoms with Crippen molar-refractivity contribution in [2.24, 2.45) is 5.10 Å². The standard InChI is InChI=1S/C20H16N6/c1-13-18-16(19(21-13)15-10-6-3-7-11-15)12-17(14-8-4-2-5-9-14)23-26-20(18)22-24-25-26/h2-11,21H,12H2,1H3. The highest BCUT2D eigenvalue weighted by Gasteiger charge is 2.26. The first-order valence-corrected chi connectivity index (χ1v) is 8.50. The first-order valence-electron chi connectivity index (χ1n) is 8.50. The molecule has 0 aliphatic carbocycles. The zero-order valence-corrected chi connectivity index (χ0v) is 14.2. The zero-order chi connectivity index (χ0) is 17.5. The Kier molecular flexibility index (Phi) is 3.28. The molecule has 1 aliphatic rings. The first-order chi connectivity index (χ1) is 12.8. The molecular formula is C20H16N6. The molecule has 4 aromatic rings. The molecule has 0 atom stereocenters. The van der Waals surface area contributed by atoms with E-state index >= 15 is 0 Å². The molecule has 2 aromatic carbocycles. The largest absolute Gasteiger partial charge is 0.358 e. The molecule has 0 bridgehead atoms. The van der Waals surface area contributed by atoms with Crippen LogP contribution in [0.1, 0.15) is 16.8 Å². The topological polar surface area (TPSA) is 71.8 Å². The number of aryl methyl sites for hydroxylation is 1. The molecule has 5 rings (SSSR count). The van der Waals surface area contributed by atoms with Crippen LogP contribution in [0.2, 0.25) is 0 Å². The van der Waals surface area contributed by atoms with Gasteiger partial charge in [0.1, 0.15) is 0 Å². The van der Waals surface area contributed by atoms with Gasteiger partial charge in [-0.15, -0.1) is 9.89 Å². The van der Waals surface area contributed by atoms with Crippen LogP contribution in [0.4, 0.5) is 0 Å². The molecule has 1 aliphatic heterocycles. The van der Waals surface area contributed by atoms with Gasteiger partial charge in [-0.05, 0) is 34.0 Å². The van der Waals surface area contributed by atoms with Crippen LogP contribution in [0.3, 0.4) is 0 Å². The van der Waals surface area contributed by atoms with Crippen molar-refractivity contribution in [1.82, 2.24) is 25.3 Å². The van der Waals surface area contributed by atoms with Crippen LogP contribution >= 0.6 is 0 Å². The maximum absolute atomic E-state index is 4.72. The Morgan fingerprint density at radius 3 is 2.35 bits per heavy atom. The fourth-order valence-electron chi connectivity index (χ4n) is 3.51. The predicted molar refractivity (Wildman–Crippen MR) is 99.9 cm³/mol. The summed E-state index contributed by atoms with van der Waals surface area (Å²) in [6.45, 7) is 2.05. The lowest BCUT2D eigenvalue weighted by Gasteiger charge is -2.07. The van der Waals surface area contributed by atoms with Gasteiger partial charge in [-0.1, -0.05) is 60.7 Å². The van der Waals surface area contributed by atoms with Gasteiger partial charge in [-0.3, -0.25) is 0 Å². The molecule has 0 saturated carbocycles. The average Bonchev–Trinajstić information content (AvgIpc) is 3.22. The summed E-state index contributed by atoms with van der Waals surface area (Å²) in [7, 11) is 0. The monoisotopic (exact) mass is 340 g/mol. The zero-order valence-electron chi connectivity index (χ0n) is 14.2. The summed E-state index contributed by atoms with van der Waals surface area (Å²) in [5, 5.41) is 16.9. The summed E-state index contributed by atoms with van der Waals surface area (Å²) < 4.78 is 0. The van der Waals surface area contributed by atoms with Crippen LogP contribution in [-0.4, -0.2) is 31.0 Å². The molecule has 0 saturated heterocycles. The lowest BCUT2D eigenvalue weighted by atomic mass is 9.96. The van der Waals surface area contributed by atoms with Crippen molar-refractivity contribution in [2.75, 3.05) is 0 Å². The Morgan fingerprint density at radius 2 is 1.62 bits per heavy atom. The van der Waals surface area contributed by atoms with Gasteiger partial charge in [0, 0.05) is 23.4 Å². The van der Waals surface area contributed by atoms with Crippen LogP contribution in [0.25, 0.3) is 22.6 Å². The quantitative estimate of drug-likeness (QED) is 0.607. The highest BCUT2D eigenvalue weighted by Crippen LogP contribution is 2.36. The molecule has 0 radical (unpaired) electrons. The number of H-pyrrole nitrogens is 1.